The highest BCUT2D eigenvalue weighted by Gasteiger charge is 2.39. The average molecular weight is 361 g/mol. The summed E-state index contributed by atoms with van der Waals surface area (Å²) < 4.78 is 11.2. The molecule has 3 atom stereocenters. The van der Waals surface area contributed by atoms with Gasteiger partial charge in [0.1, 0.15) is 0 Å². The van der Waals surface area contributed by atoms with Gasteiger partial charge in [-0.3, -0.25) is 10.1 Å². The van der Waals surface area contributed by atoms with Gasteiger partial charge in [0, 0.05) is 6.21 Å². The highest BCUT2D eigenvalue weighted by Crippen LogP contribution is 2.40. The molecule has 2 unspecified atom stereocenters. The Morgan fingerprint density at radius 1 is 1.65 bits per heavy atom. The first kappa shape index (κ1) is 17.8. The smallest absolute Gasteiger partial charge is 0.0945 e. The average Bonchev–Trinajstić information content (AvgIpc) is 2.34. The van der Waals surface area contributed by atoms with Crippen LogP contribution in [-0.2, 0) is 11.0 Å². The summed E-state index contributed by atoms with van der Waals surface area (Å²) in [7, 11) is -1.34. The summed E-state index contributed by atoms with van der Waals surface area (Å²) >= 11 is 3.84. The number of hydrogen-bond acceptors (Lipinski definition) is 2. The lowest BCUT2D eigenvalue weighted by Gasteiger charge is -2.37. The molecule has 1 rings (SSSR count). The van der Waals surface area contributed by atoms with Gasteiger partial charge in [0.15, 0.2) is 0 Å². The Morgan fingerprint density at radius 3 is 2.75 bits per heavy atom. The van der Waals surface area contributed by atoms with Crippen molar-refractivity contribution in [2.75, 3.05) is 6.54 Å². The van der Waals surface area contributed by atoms with Gasteiger partial charge in [-0.15, -0.1) is 6.58 Å². The summed E-state index contributed by atoms with van der Waals surface area (Å²) in [5.41, 5.74) is 1.17. The molecule has 0 bridgehead atoms. The van der Waals surface area contributed by atoms with E-state index < -0.39 is 15.7 Å². The molecule has 0 aromatic heterocycles. The van der Waals surface area contributed by atoms with Crippen LogP contribution in [-0.4, -0.2) is 26.0 Å². The van der Waals surface area contributed by atoms with Gasteiger partial charge in [0.05, 0.1) is 26.6 Å². The van der Waals surface area contributed by atoms with Crippen LogP contribution in [0.2, 0.25) is 0 Å². The molecule has 114 valence electrons. The van der Waals surface area contributed by atoms with Gasteiger partial charge in [-0.05, 0) is 52.0 Å². The van der Waals surface area contributed by atoms with E-state index in [0.29, 0.717) is 12.5 Å². The van der Waals surface area contributed by atoms with E-state index in [9.17, 15) is 4.21 Å². The van der Waals surface area contributed by atoms with Gasteiger partial charge in [0.25, 0.3) is 0 Å². The number of nitrogens with zero attached hydrogens (tertiary/aromatic N) is 1. The number of alkyl halides is 1. The summed E-state index contributed by atoms with van der Waals surface area (Å²) in [6, 6.07) is 0. The predicted octanol–water partition coefficient (Wildman–Crippen LogP) is 3.52. The number of halogens is 1. The zero-order valence-electron chi connectivity index (χ0n) is 12.6. The minimum absolute atomic E-state index is 0.173. The van der Waals surface area contributed by atoms with Crippen molar-refractivity contribution in [3.8, 4) is 0 Å². The van der Waals surface area contributed by atoms with Crippen LogP contribution in [0.25, 0.3) is 0 Å². The molecule has 0 amide bonds. The van der Waals surface area contributed by atoms with Gasteiger partial charge < -0.3 is 0 Å². The molecular weight excluding hydrogens is 336 g/mol. The largest absolute Gasteiger partial charge is 0.291 e. The van der Waals surface area contributed by atoms with Crippen LogP contribution < -0.4 is 5.14 Å². The molecule has 0 spiro atoms. The van der Waals surface area contributed by atoms with Crippen LogP contribution in [0.3, 0.4) is 0 Å². The van der Waals surface area contributed by atoms with Gasteiger partial charge in [0.2, 0.25) is 0 Å². The first-order valence-corrected chi connectivity index (χ1v) is 8.85. The molecule has 1 heterocycles. The summed E-state index contributed by atoms with van der Waals surface area (Å²) in [6.07, 6.45) is 8.68. The fourth-order valence-corrected chi connectivity index (χ4v) is 3.44. The minimum Gasteiger partial charge on any atom is -0.291 e. The van der Waals surface area contributed by atoms with Crippen molar-refractivity contribution < 1.29 is 4.21 Å². The van der Waals surface area contributed by atoms with Crippen molar-refractivity contribution in [2.24, 2.45) is 16.0 Å². The SMILES string of the molecule is C=C(C)CC[C@H](CC(C)(C)S(N)=O)C1(Br)C=CC=NC1. The molecule has 5 heteroatoms. The number of nitrogens with two attached hydrogens (primary N) is 1. The second-order valence-corrected chi connectivity index (χ2v) is 9.41. The summed E-state index contributed by atoms with van der Waals surface area (Å²) in [4.78, 5) is 4.36. The highest BCUT2D eigenvalue weighted by atomic mass is 79.9. The third kappa shape index (κ3) is 4.93. The molecule has 0 aromatic carbocycles. The molecule has 3 nitrogen and oxygen atoms in total. The van der Waals surface area contributed by atoms with Crippen molar-refractivity contribution in [2.45, 2.75) is 49.1 Å². The van der Waals surface area contributed by atoms with Crippen LogP contribution in [0.15, 0.2) is 29.3 Å². The normalized spacial score (nSPS) is 25.4. The van der Waals surface area contributed by atoms with E-state index in [1.165, 1.54) is 5.57 Å². The Hall–Kier alpha value is -0.260. The molecule has 1 aliphatic heterocycles. The van der Waals surface area contributed by atoms with Gasteiger partial charge >= 0.3 is 0 Å². The fourth-order valence-electron chi connectivity index (χ4n) is 2.38. The van der Waals surface area contributed by atoms with Crippen LogP contribution in [0.4, 0.5) is 0 Å². The molecular formula is C15H25BrN2OS. The van der Waals surface area contributed by atoms with Crippen molar-refractivity contribution in [3.63, 3.8) is 0 Å². The zero-order chi connectivity index (χ0) is 15.4. The van der Waals surface area contributed by atoms with Gasteiger partial charge in [-0.25, -0.2) is 4.21 Å². The molecule has 0 saturated carbocycles. The van der Waals surface area contributed by atoms with E-state index in [4.69, 9.17) is 5.14 Å². The molecule has 0 aliphatic carbocycles. The standard InChI is InChI=1S/C15H25BrN2OS/c1-12(2)6-7-13(10-14(3,4)20(17)19)15(16)8-5-9-18-11-15/h5,8-9,13H,1,6-7,10-11,17H2,2-4H3/t13-,15?,20?/m1/s1. The number of aliphatic imine (C=N–C) groups is 1. The van der Waals surface area contributed by atoms with Crippen molar-refractivity contribution in [1.82, 2.24) is 0 Å². The lowest BCUT2D eigenvalue weighted by molar-refractivity contribution is 0.352. The lowest BCUT2D eigenvalue weighted by Crippen LogP contribution is -2.42. The molecule has 0 fully saturated rings. The highest BCUT2D eigenvalue weighted by molar-refractivity contribution is 9.10. The van der Waals surface area contributed by atoms with Crippen molar-refractivity contribution >= 4 is 33.1 Å². The summed E-state index contributed by atoms with van der Waals surface area (Å²) in [6.45, 7) is 10.6. The Bertz CT molecular complexity index is 445. The van der Waals surface area contributed by atoms with Gasteiger partial charge in [-0.2, -0.15) is 0 Å². The number of dihydropyridines is 1. The Balaban J connectivity index is 2.90. The van der Waals surface area contributed by atoms with E-state index in [-0.39, 0.29) is 4.32 Å². The van der Waals surface area contributed by atoms with Gasteiger partial charge in [-0.1, -0.05) is 27.6 Å². The fraction of sp³-hybridized carbons (Fsp3) is 0.667. The van der Waals surface area contributed by atoms with E-state index in [0.717, 1.165) is 19.3 Å². The second kappa shape index (κ2) is 7.14. The number of allylic oxidation sites excluding steroid dienone is 2. The van der Waals surface area contributed by atoms with Crippen LogP contribution in [0.5, 0.6) is 0 Å². The molecule has 0 saturated heterocycles. The van der Waals surface area contributed by atoms with E-state index in [1.54, 1.807) is 0 Å². The zero-order valence-corrected chi connectivity index (χ0v) is 15.0. The molecule has 0 radical (unpaired) electrons. The maximum atomic E-state index is 11.7. The number of rotatable bonds is 7. The Labute approximate surface area is 133 Å². The van der Waals surface area contributed by atoms with E-state index in [2.05, 4.69) is 33.6 Å². The van der Waals surface area contributed by atoms with Crippen molar-refractivity contribution in [1.29, 1.82) is 0 Å². The summed E-state index contributed by atoms with van der Waals surface area (Å²) in [5.74, 6) is 0.315. The van der Waals surface area contributed by atoms with Crippen LogP contribution >= 0.6 is 15.9 Å². The van der Waals surface area contributed by atoms with E-state index >= 15 is 0 Å². The first-order chi connectivity index (χ1) is 9.17. The quantitative estimate of drug-likeness (QED) is 0.547. The van der Waals surface area contributed by atoms with E-state index in [1.807, 2.05) is 33.1 Å². The summed E-state index contributed by atoms with van der Waals surface area (Å²) in [5, 5.41) is 5.64. The number of hydrogen-bond donors (Lipinski definition) is 1. The monoisotopic (exact) mass is 360 g/mol. The Morgan fingerprint density at radius 2 is 2.30 bits per heavy atom. The molecule has 0 aromatic rings. The molecule has 1 aliphatic rings. The topological polar surface area (TPSA) is 55.5 Å². The van der Waals surface area contributed by atoms with Crippen LogP contribution in [0, 0.1) is 5.92 Å². The minimum atomic E-state index is -1.34. The maximum absolute atomic E-state index is 11.7. The first-order valence-electron chi connectivity index (χ1n) is 6.84. The van der Waals surface area contributed by atoms with Crippen LogP contribution in [0.1, 0.15) is 40.0 Å². The third-order valence-corrected chi connectivity index (χ3v) is 6.20. The van der Waals surface area contributed by atoms with Crippen molar-refractivity contribution in [3.05, 3.63) is 24.3 Å². The molecule has 20 heavy (non-hydrogen) atoms. The molecule has 2 N–H and O–H groups in total. The predicted molar refractivity (Wildman–Crippen MR) is 92.7 cm³/mol. The second-order valence-electron chi connectivity index (χ2n) is 6.23. The Kier molecular flexibility index (Phi) is 6.35. The lowest BCUT2D eigenvalue weighted by atomic mass is 9.80. The third-order valence-electron chi connectivity index (χ3n) is 3.78. The maximum Gasteiger partial charge on any atom is 0.0945 e.